The van der Waals surface area contributed by atoms with Gasteiger partial charge in [0.15, 0.2) is 0 Å². The van der Waals surface area contributed by atoms with Crippen LogP contribution in [0.15, 0.2) is 11.8 Å². The quantitative estimate of drug-likeness (QED) is 0.421. The molecule has 0 saturated heterocycles. The molecule has 3 nitrogen and oxygen atoms in total. The number of carbonyl (C=O) groups excluding carboxylic acids is 1. The van der Waals surface area contributed by atoms with Crippen molar-refractivity contribution in [3.63, 3.8) is 0 Å². The van der Waals surface area contributed by atoms with E-state index in [-0.39, 0.29) is 12.4 Å². The van der Waals surface area contributed by atoms with Crippen LogP contribution in [0.5, 0.6) is 0 Å². The summed E-state index contributed by atoms with van der Waals surface area (Å²) in [4.78, 5) is 10.2. The third kappa shape index (κ3) is 0.684. The number of hydrogen-bond acceptors (Lipinski definition) is 3. The molecule has 1 aliphatic heterocycles. The Labute approximate surface area is 46.2 Å². The maximum Gasteiger partial charge on any atom is 0.315 e. The molecule has 1 rings (SSSR count). The molecule has 0 unspecified atom stereocenters. The summed E-state index contributed by atoms with van der Waals surface area (Å²) in [7, 11) is 0. The lowest BCUT2D eigenvalue weighted by molar-refractivity contribution is -0.135. The highest BCUT2D eigenvalue weighted by molar-refractivity contribution is 5.77. The second-order valence-corrected chi connectivity index (χ2v) is 1.42. The van der Waals surface area contributed by atoms with Gasteiger partial charge in [-0.15, -0.1) is 0 Å². The molecule has 0 saturated carbocycles. The second kappa shape index (κ2) is 1.66. The minimum absolute atomic E-state index is 0.135. The number of rotatable bonds is 0. The van der Waals surface area contributed by atoms with Gasteiger partial charge in [-0.1, -0.05) is 0 Å². The van der Waals surface area contributed by atoms with Crippen molar-refractivity contribution in [1.29, 1.82) is 5.26 Å². The summed E-state index contributed by atoms with van der Waals surface area (Å²) in [6, 6.07) is 1.81. The molecule has 0 fully saturated rings. The molecule has 0 radical (unpaired) electrons. The Bertz CT molecular complexity index is 187. The summed E-state index contributed by atoms with van der Waals surface area (Å²) < 4.78 is 4.33. The van der Waals surface area contributed by atoms with Gasteiger partial charge in [-0.2, -0.15) is 5.26 Å². The number of carbonyl (C=O) groups is 1. The monoisotopic (exact) mass is 109 g/mol. The van der Waals surface area contributed by atoms with Gasteiger partial charge in [-0.25, -0.2) is 0 Å². The van der Waals surface area contributed by atoms with Gasteiger partial charge in [0, 0.05) is 0 Å². The SMILES string of the molecule is N#CC1=COC(=O)C1. The minimum atomic E-state index is -0.346. The van der Waals surface area contributed by atoms with E-state index in [1.54, 1.807) is 0 Å². The smallest absolute Gasteiger partial charge is 0.315 e. The molecule has 0 spiro atoms. The summed E-state index contributed by atoms with van der Waals surface area (Å²) in [5.74, 6) is -0.346. The average molecular weight is 109 g/mol. The van der Waals surface area contributed by atoms with Crippen molar-refractivity contribution < 1.29 is 9.53 Å². The summed E-state index contributed by atoms with van der Waals surface area (Å²) in [6.45, 7) is 0. The van der Waals surface area contributed by atoms with Crippen LogP contribution >= 0.6 is 0 Å². The van der Waals surface area contributed by atoms with E-state index < -0.39 is 0 Å². The van der Waals surface area contributed by atoms with Crippen LogP contribution in [0, 0.1) is 11.3 Å². The first-order chi connectivity index (χ1) is 3.83. The van der Waals surface area contributed by atoms with E-state index in [4.69, 9.17) is 5.26 Å². The maximum absolute atomic E-state index is 10.2. The Morgan fingerprint density at radius 1 is 1.88 bits per heavy atom. The molecule has 0 N–H and O–H groups in total. The van der Waals surface area contributed by atoms with Crippen LogP contribution in [0.25, 0.3) is 0 Å². The molecular weight excluding hydrogens is 106 g/mol. The minimum Gasteiger partial charge on any atom is -0.433 e. The van der Waals surface area contributed by atoms with Gasteiger partial charge in [0.25, 0.3) is 0 Å². The molecule has 0 bridgehead atoms. The zero-order valence-corrected chi connectivity index (χ0v) is 4.05. The number of cyclic esters (lactones) is 1. The predicted octanol–water partition coefficient (Wildman–Crippen LogP) is 0.341. The van der Waals surface area contributed by atoms with Crippen LogP contribution in [0.3, 0.4) is 0 Å². The topological polar surface area (TPSA) is 50.1 Å². The van der Waals surface area contributed by atoms with Crippen molar-refractivity contribution in [1.82, 2.24) is 0 Å². The van der Waals surface area contributed by atoms with Crippen molar-refractivity contribution >= 4 is 5.97 Å². The van der Waals surface area contributed by atoms with Gasteiger partial charge in [0.05, 0.1) is 18.1 Å². The standard InChI is InChI=1S/C5H3NO2/c6-2-4-1-5(7)8-3-4/h3H,1H2. The highest BCUT2D eigenvalue weighted by Gasteiger charge is 2.12. The van der Waals surface area contributed by atoms with E-state index in [0.29, 0.717) is 5.57 Å². The van der Waals surface area contributed by atoms with E-state index in [9.17, 15) is 4.79 Å². The third-order valence-corrected chi connectivity index (χ3v) is 0.811. The third-order valence-electron chi connectivity index (χ3n) is 0.811. The number of nitriles is 1. The molecule has 0 aromatic rings. The maximum atomic E-state index is 10.2. The molecule has 1 aliphatic rings. The fraction of sp³-hybridized carbons (Fsp3) is 0.200. The number of hydrogen-bond donors (Lipinski definition) is 0. The lowest BCUT2D eigenvalue weighted by Crippen LogP contribution is -1.89. The van der Waals surface area contributed by atoms with E-state index in [2.05, 4.69) is 4.74 Å². The van der Waals surface area contributed by atoms with E-state index in [0.717, 1.165) is 0 Å². The Balaban J connectivity index is 2.66. The molecule has 0 aromatic heterocycles. The Hall–Kier alpha value is -1.30. The molecule has 0 aromatic carbocycles. The molecule has 0 aliphatic carbocycles. The van der Waals surface area contributed by atoms with E-state index >= 15 is 0 Å². The highest BCUT2D eigenvalue weighted by Crippen LogP contribution is 2.08. The fourth-order valence-corrected chi connectivity index (χ4v) is 0.442. The van der Waals surface area contributed by atoms with Crippen molar-refractivity contribution in [3.8, 4) is 6.07 Å². The van der Waals surface area contributed by atoms with Crippen LogP contribution < -0.4 is 0 Å². The van der Waals surface area contributed by atoms with Gasteiger partial charge in [0.2, 0.25) is 0 Å². The van der Waals surface area contributed by atoms with Gasteiger partial charge in [0.1, 0.15) is 6.26 Å². The van der Waals surface area contributed by atoms with E-state index in [1.807, 2.05) is 6.07 Å². The van der Waals surface area contributed by atoms with Crippen LogP contribution in [-0.4, -0.2) is 5.97 Å². The normalized spacial score (nSPS) is 16.9. The molecule has 1 heterocycles. The Morgan fingerprint density at radius 3 is 2.88 bits per heavy atom. The first-order valence-corrected chi connectivity index (χ1v) is 2.11. The zero-order valence-electron chi connectivity index (χ0n) is 4.05. The van der Waals surface area contributed by atoms with Crippen LogP contribution in [0.1, 0.15) is 6.42 Å². The second-order valence-electron chi connectivity index (χ2n) is 1.42. The van der Waals surface area contributed by atoms with Crippen molar-refractivity contribution in [2.24, 2.45) is 0 Å². The van der Waals surface area contributed by atoms with Gasteiger partial charge in [-0.3, -0.25) is 4.79 Å². The first kappa shape index (κ1) is 4.85. The van der Waals surface area contributed by atoms with Crippen LogP contribution in [0.4, 0.5) is 0 Å². The fourth-order valence-electron chi connectivity index (χ4n) is 0.442. The molecule has 40 valence electrons. The predicted molar refractivity (Wildman–Crippen MR) is 24.4 cm³/mol. The van der Waals surface area contributed by atoms with Crippen LogP contribution in [0.2, 0.25) is 0 Å². The first-order valence-electron chi connectivity index (χ1n) is 2.11. The summed E-state index contributed by atoms with van der Waals surface area (Å²) in [6.07, 6.45) is 1.32. The number of nitrogens with zero attached hydrogens (tertiary/aromatic N) is 1. The van der Waals surface area contributed by atoms with Crippen molar-refractivity contribution in [3.05, 3.63) is 11.8 Å². The number of esters is 1. The highest BCUT2D eigenvalue weighted by atomic mass is 16.5. The molecule has 3 heteroatoms. The summed E-state index contributed by atoms with van der Waals surface area (Å²) >= 11 is 0. The number of ether oxygens (including phenoxy) is 1. The van der Waals surface area contributed by atoms with Crippen LogP contribution in [-0.2, 0) is 9.53 Å². The molecule has 8 heavy (non-hydrogen) atoms. The van der Waals surface area contributed by atoms with Crippen molar-refractivity contribution in [2.75, 3.05) is 0 Å². The van der Waals surface area contributed by atoms with Gasteiger partial charge >= 0.3 is 5.97 Å². The zero-order chi connectivity index (χ0) is 5.98. The molecular formula is C5H3NO2. The largest absolute Gasteiger partial charge is 0.433 e. The van der Waals surface area contributed by atoms with Gasteiger partial charge in [-0.05, 0) is 0 Å². The lowest BCUT2D eigenvalue weighted by Gasteiger charge is -1.78. The Morgan fingerprint density at radius 2 is 2.62 bits per heavy atom. The average Bonchev–Trinajstić information content (AvgIpc) is 2.14. The molecule has 0 atom stereocenters. The Kier molecular flexibility index (Phi) is 1.01. The van der Waals surface area contributed by atoms with Gasteiger partial charge < -0.3 is 4.74 Å². The molecule has 0 amide bonds. The summed E-state index contributed by atoms with van der Waals surface area (Å²) in [5.41, 5.74) is 0.398. The lowest BCUT2D eigenvalue weighted by atomic mass is 10.3. The van der Waals surface area contributed by atoms with E-state index in [1.165, 1.54) is 6.26 Å². The van der Waals surface area contributed by atoms with Crippen molar-refractivity contribution in [2.45, 2.75) is 6.42 Å². The summed E-state index contributed by atoms with van der Waals surface area (Å²) in [5, 5.41) is 8.13.